The molecule has 1 atom stereocenters. The SMILES string of the molecule is CCC(CCO)NC(=O)c1cccc2ccc(C)nc12. The highest BCUT2D eigenvalue weighted by molar-refractivity contribution is 6.05. The molecule has 0 saturated heterocycles. The number of aryl methyl sites for hydroxylation is 1. The lowest BCUT2D eigenvalue weighted by atomic mass is 10.1. The van der Waals surface area contributed by atoms with Crippen LogP contribution in [0.4, 0.5) is 0 Å². The normalized spacial score (nSPS) is 12.3. The Bertz CT molecular complexity index is 610. The van der Waals surface area contributed by atoms with E-state index in [0.717, 1.165) is 23.0 Å². The summed E-state index contributed by atoms with van der Waals surface area (Å²) >= 11 is 0. The van der Waals surface area contributed by atoms with E-state index in [1.807, 2.05) is 38.1 Å². The van der Waals surface area contributed by atoms with Crippen molar-refractivity contribution in [2.75, 3.05) is 6.61 Å². The third kappa shape index (κ3) is 3.14. The summed E-state index contributed by atoms with van der Waals surface area (Å²) in [6, 6.07) is 9.50. The van der Waals surface area contributed by atoms with Gasteiger partial charge in [0.2, 0.25) is 0 Å². The first kappa shape index (κ1) is 14.5. The first-order valence-corrected chi connectivity index (χ1v) is 6.93. The zero-order chi connectivity index (χ0) is 14.5. The Balaban J connectivity index is 2.32. The summed E-state index contributed by atoms with van der Waals surface area (Å²) < 4.78 is 0. The van der Waals surface area contributed by atoms with E-state index in [9.17, 15) is 4.79 Å². The van der Waals surface area contributed by atoms with Crippen LogP contribution in [0.25, 0.3) is 10.9 Å². The molecule has 1 unspecified atom stereocenters. The van der Waals surface area contributed by atoms with Crippen molar-refractivity contribution in [3.05, 3.63) is 41.6 Å². The number of pyridine rings is 1. The Morgan fingerprint density at radius 1 is 1.35 bits per heavy atom. The highest BCUT2D eigenvalue weighted by Gasteiger charge is 2.15. The predicted octanol–water partition coefficient (Wildman–Crippen LogP) is 2.43. The molecule has 0 aliphatic heterocycles. The molecule has 4 heteroatoms. The fraction of sp³-hybridized carbons (Fsp3) is 0.375. The van der Waals surface area contributed by atoms with Crippen molar-refractivity contribution < 1.29 is 9.90 Å². The highest BCUT2D eigenvalue weighted by atomic mass is 16.3. The topological polar surface area (TPSA) is 62.2 Å². The van der Waals surface area contributed by atoms with Crippen molar-refractivity contribution >= 4 is 16.8 Å². The van der Waals surface area contributed by atoms with Gasteiger partial charge in [-0.15, -0.1) is 0 Å². The number of aliphatic hydroxyl groups is 1. The molecule has 0 radical (unpaired) electrons. The van der Waals surface area contributed by atoms with Crippen LogP contribution in [0.5, 0.6) is 0 Å². The number of benzene rings is 1. The fourth-order valence-electron chi connectivity index (χ4n) is 2.23. The molecule has 0 fully saturated rings. The smallest absolute Gasteiger partial charge is 0.253 e. The minimum atomic E-state index is -0.131. The van der Waals surface area contributed by atoms with Gasteiger partial charge in [0.1, 0.15) is 0 Å². The van der Waals surface area contributed by atoms with Crippen molar-refractivity contribution in [3.63, 3.8) is 0 Å². The van der Waals surface area contributed by atoms with E-state index in [0.29, 0.717) is 12.0 Å². The maximum absolute atomic E-state index is 12.4. The van der Waals surface area contributed by atoms with Crippen LogP contribution in [-0.4, -0.2) is 28.6 Å². The number of aliphatic hydroxyl groups excluding tert-OH is 1. The van der Waals surface area contributed by atoms with Crippen molar-refractivity contribution in [2.24, 2.45) is 0 Å². The summed E-state index contributed by atoms with van der Waals surface area (Å²) in [5, 5.41) is 12.9. The van der Waals surface area contributed by atoms with E-state index in [1.54, 1.807) is 6.07 Å². The monoisotopic (exact) mass is 272 g/mol. The predicted molar refractivity (Wildman–Crippen MR) is 79.7 cm³/mol. The number of hydrogen-bond acceptors (Lipinski definition) is 3. The van der Waals surface area contributed by atoms with Crippen molar-refractivity contribution in [1.82, 2.24) is 10.3 Å². The van der Waals surface area contributed by atoms with Crippen LogP contribution in [0, 0.1) is 6.92 Å². The van der Waals surface area contributed by atoms with Gasteiger partial charge in [-0.25, -0.2) is 0 Å². The molecule has 1 heterocycles. The first-order valence-electron chi connectivity index (χ1n) is 6.93. The number of rotatable bonds is 5. The molecule has 106 valence electrons. The summed E-state index contributed by atoms with van der Waals surface area (Å²) in [7, 11) is 0. The van der Waals surface area contributed by atoms with Crippen molar-refractivity contribution in [1.29, 1.82) is 0 Å². The Morgan fingerprint density at radius 3 is 2.85 bits per heavy atom. The number of nitrogens with zero attached hydrogens (tertiary/aromatic N) is 1. The van der Waals surface area contributed by atoms with E-state index in [2.05, 4.69) is 10.3 Å². The molecule has 0 saturated carbocycles. The Labute approximate surface area is 118 Å². The second-order valence-corrected chi connectivity index (χ2v) is 4.92. The van der Waals surface area contributed by atoms with Crippen LogP contribution in [0.15, 0.2) is 30.3 Å². The van der Waals surface area contributed by atoms with Gasteiger partial charge in [0.15, 0.2) is 0 Å². The molecule has 0 bridgehead atoms. The molecular weight excluding hydrogens is 252 g/mol. The lowest BCUT2D eigenvalue weighted by Crippen LogP contribution is -2.35. The summed E-state index contributed by atoms with van der Waals surface area (Å²) in [5.41, 5.74) is 2.20. The molecule has 1 aromatic carbocycles. The summed E-state index contributed by atoms with van der Waals surface area (Å²) in [6.45, 7) is 3.98. The molecule has 2 N–H and O–H groups in total. The van der Waals surface area contributed by atoms with Crippen LogP contribution < -0.4 is 5.32 Å². The maximum atomic E-state index is 12.4. The number of hydrogen-bond donors (Lipinski definition) is 2. The standard InChI is InChI=1S/C16H20N2O2/c1-3-13(9-10-19)18-16(20)14-6-4-5-12-8-7-11(2)17-15(12)14/h4-8,13,19H,3,9-10H2,1-2H3,(H,18,20). The third-order valence-corrected chi connectivity index (χ3v) is 3.41. The van der Waals surface area contributed by atoms with Crippen molar-refractivity contribution in [3.8, 4) is 0 Å². The van der Waals surface area contributed by atoms with Crippen LogP contribution in [0.1, 0.15) is 35.8 Å². The van der Waals surface area contributed by atoms with Gasteiger partial charge in [0, 0.05) is 23.7 Å². The van der Waals surface area contributed by atoms with Gasteiger partial charge in [-0.2, -0.15) is 0 Å². The minimum Gasteiger partial charge on any atom is -0.396 e. The number of fused-ring (bicyclic) bond motifs is 1. The molecule has 2 rings (SSSR count). The molecule has 4 nitrogen and oxygen atoms in total. The Hall–Kier alpha value is -1.94. The van der Waals surface area contributed by atoms with Gasteiger partial charge in [-0.3, -0.25) is 9.78 Å². The average molecular weight is 272 g/mol. The highest BCUT2D eigenvalue weighted by Crippen LogP contribution is 2.17. The number of nitrogens with one attached hydrogen (secondary N) is 1. The van der Waals surface area contributed by atoms with E-state index >= 15 is 0 Å². The zero-order valence-electron chi connectivity index (χ0n) is 11.9. The molecule has 1 amide bonds. The fourth-order valence-corrected chi connectivity index (χ4v) is 2.23. The van der Waals surface area contributed by atoms with Crippen LogP contribution >= 0.6 is 0 Å². The van der Waals surface area contributed by atoms with Gasteiger partial charge in [-0.05, 0) is 31.9 Å². The molecule has 20 heavy (non-hydrogen) atoms. The second-order valence-electron chi connectivity index (χ2n) is 4.92. The third-order valence-electron chi connectivity index (χ3n) is 3.41. The Morgan fingerprint density at radius 2 is 2.15 bits per heavy atom. The number of aromatic nitrogens is 1. The summed E-state index contributed by atoms with van der Waals surface area (Å²) in [6.07, 6.45) is 1.36. The zero-order valence-corrected chi connectivity index (χ0v) is 11.9. The lowest BCUT2D eigenvalue weighted by molar-refractivity contribution is 0.0930. The largest absolute Gasteiger partial charge is 0.396 e. The number of carbonyl (C=O) groups is 1. The summed E-state index contributed by atoms with van der Waals surface area (Å²) in [5.74, 6) is -0.131. The average Bonchev–Trinajstić information content (AvgIpc) is 2.45. The van der Waals surface area contributed by atoms with Crippen molar-refractivity contribution in [2.45, 2.75) is 32.7 Å². The molecular formula is C16H20N2O2. The molecule has 0 spiro atoms. The number of para-hydroxylation sites is 1. The van der Waals surface area contributed by atoms with E-state index < -0.39 is 0 Å². The van der Waals surface area contributed by atoms with Crippen LogP contribution in [-0.2, 0) is 0 Å². The number of amides is 1. The second kappa shape index (κ2) is 6.48. The van der Waals surface area contributed by atoms with E-state index in [1.165, 1.54) is 0 Å². The van der Waals surface area contributed by atoms with Crippen LogP contribution in [0.3, 0.4) is 0 Å². The van der Waals surface area contributed by atoms with Gasteiger partial charge in [0.05, 0.1) is 11.1 Å². The quantitative estimate of drug-likeness (QED) is 0.878. The van der Waals surface area contributed by atoms with Gasteiger partial charge >= 0.3 is 0 Å². The van der Waals surface area contributed by atoms with Crippen LogP contribution in [0.2, 0.25) is 0 Å². The van der Waals surface area contributed by atoms with Gasteiger partial charge in [-0.1, -0.05) is 25.1 Å². The number of carbonyl (C=O) groups excluding carboxylic acids is 1. The van der Waals surface area contributed by atoms with E-state index in [-0.39, 0.29) is 18.6 Å². The van der Waals surface area contributed by atoms with Gasteiger partial charge < -0.3 is 10.4 Å². The molecule has 2 aromatic rings. The molecule has 1 aromatic heterocycles. The summed E-state index contributed by atoms with van der Waals surface area (Å²) in [4.78, 5) is 16.8. The van der Waals surface area contributed by atoms with Gasteiger partial charge in [0.25, 0.3) is 5.91 Å². The Kier molecular flexibility index (Phi) is 4.69. The lowest BCUT2D eigenvalue weighted by Gasteiger charge is -2.16. The minimum absolute atomic E-state index is 0.00688. The first-order chi connectivity index (χ1) is 9.65. The maximum Gasteiger partial charge on any atom is 0.253 e. The van der Waals surface area contributed by atoms with E-state index in [4.69, 9.17) is 5.11 Å². The molecule has 0 aliphatic rings. The molecule has 0 aliphatic carbocycles.